The summed E-state index contributed by atoms with van der Waals surface area (Å²) in [4.78, 5) is 23.9. The van der Waals surface area contributed by atoms with Gasteiger partial charge in [-0.1, -0.05) is 24.1 Å². The van der Waals surface area contributed by atoms with Gasteiger partial charge in [0.1, 0.15) is 5.75 Å². The van der Waals surface area contributed by atoms with Crippen LogP contribution >= 0.6 is 11.6 Å². The van der Waals surface area contributed by atoms with Crippen LogP contribution in [-0.2, 0) is 14.3 Å². The zero-order chi connectivity index (χ0) is 19.5. The fraction of sp³-hybridized carbons (Fsp3) is 0.600. The zero-order valence-electron chi connectivity index (χ0n) is 15.8. The number of benzene rings is 1. The third kappa shape index (κ3) is 8.63. The van der Waals surface area contributed by atoms with Crippen molar-refractivity contribution in [2.45, 2.75) is 45.1 Å². The third-order valence-electron chi connectivity index (χ3n) is 4.58. The summed E-state index contributed by atoms with van der Waals surface area (Å²) in [6, 6.07) is 7.15. The van der Waals surface area contributed by atoms with Crippen LogP contribution in [0.25, 0.3) is 0 Å². The van der Waals surface area contributed by atoms with Crippen molar-refractivity contribution < 1.29 is 19.1 Å². The molecule has 0 spiro atoms. The van der Waals surface area contributed by atoms with Crippen LogP contribution in [0, 0.1) is 5.92 Å². The Balaban J connectivity index is 1.64. The summed E-state index contributed by atoms with van der Waals surface area (Å²) in [6.07, 6.45) is 4.38. The maximum atomic E-state index is 12.0. The van der Waals surface area contributed by atoms with Crippen molar-refractivity contribution >= 4 is 23.4 Å². The summed E-state index contributed by atoms with van der Waals surface area (Å²) in [5.41, 5.74) is 0. The molecule has 0 aliphatic heterocycles. The fourth-order valence-corrected chi connectivity index (χ4v) is 3.41. The van der Waals surface area contributed by atoms with Crippen molar-refractivity contribution in [1.29, 1.82) is 0 Å². The normalized spacial score (nSPS) is 19.3. The highest BCUT2D eigenvalue weighted by atomic mass is 35.5. The van der Waals surface area contributed by atoms with Crippen LogP contribution in [0.2, 0.25) is 5.02 Å². The molecular weight excluding hydrogens is 368 g/mol. The lowest BCUT2D eigenvalue weighted by atomic mass is 9.85. The molecule has 1 aliphatic rings. The molecule has 1 aliphatic carbocycles. The van der Waals surface area contributed by atoms with Gasteiger partial charge in [0.05, 0.1) is 6.61 Å². The number of hydrogen-bond donors (Lipinski definition) is 2. The number of carbonyl (C=O) groups excluding carboxylic acids is 2. The molecule has 0 radical (unpaired) electrons. The second kappa shape index (κ2) is 11.8. The van der Waals surface area contributed by atoms with E-state index in [1.165, 1.54) is 0 Å². The smallest absolute Gasteiger partial charge is 0.257 e. The summed E-state index contributed by atoms with van der Waals surface area (Å²) < 4.78 is 10.7. The van der Waals surface area contributed by atoms with Gasteiger partial charge in [-0.05, 0) is 50.3 Å². The van der Waals surface area contributed by atoms with Gasteiger partial charge in [-0.25, -0.2) is 0 Å². The van der Waals surface area contributed by atoms with E-state index in [2.05, 4.69) is 10.6 Å². The van der Waals surface area contributed by atoms with Crippen LogP contribution in [0.3, 0.4) is 0 Å². The summed E-state index contributed by atoms with van der Waals surface area (Å²) in [5, 5.41) is 6.58. The molecule has 0 unspecified atom stereocenters. The Bertz CT molecular complexity index is 611. The SMILES string of the molecule is CCOCCC(=O)N[C@H]1CCC[C@@H](CNC(=O)COc2cccc(Cl)c2)C1. The Labute approximate surface area is 165 Å². The number of halogens is 1. The van der Waals surface area contributed by atoms with Gasteiger partial charge in [0, 0.05) is 30.6 Å². The van der Waals surface area contributed by atoms with E-state index in [0.717, 1.165) is 25.7 Å². The first kappa shape index (κ1) is 21.5. The number of ether oxygens (including phenoxy) is 2. The van der Waals surface area contributed by atoms with Gasteiger partial charge in [-0.3, -0.25) is 9.59 Å². The minimum absolute atomic E-state index is 0.0352. The van der Waals surface area contributed by atoms with Crippen LogP contribution in [0.5, 0.6) is 5.75 Å². The van der Waals surface area contributed by atoms with Crippen molar-refractivity contribution in [3.8, 4) is 5.75 Å². The highest BCUT2D eigenvalue weighted by molar-refractivity contribution is 6.30. The van der Waals surface area contributed by atoms with E-state index in [4.69, 9.17) is 21.1 Å². The molecule has 1 aromatic carbocycles. The largest absolute Gasteiger partial charge is 0.484 e. The molecule has 7 heteroatoms. The van der Waals surface area contributed by atoms with Crippen LogP contribution in [0.15, 0.2) is 24.3 Å². The van der Waals surface area contributed by atoms with Crippen molar-refractivity contribution in [1.82, 2.24) is 10.6 Å². The molecule has 6 nitrogen and oxygen atoms in total. The first-order valence-corrected chi connectivity index (χ1v) is 9.96. The molecule has 1 fully saturated rings. The molecule has 0 aromatic heterocycles. The summed E-state index contributed by atoms with van der Waals surface area (Å²) in [7, 11) is 0. The second-order valence-corrected chi connectivity index (χ2v) is 7.23. The molecule has 0 heterocycles. The van der Waals surface area contributed by atoms with E-state index in [0.29, 0.717) is 42.9 Å². The van der Waals surface area contributed by atoms with E-state index >= 15 is 0 Å². The van der Waals surface area contributed by atoms with Crippen LogP contribution in [-0.4, -0.2) is 44.2 Å². The number of rotatable bonds is 10. The van der Waals surface area contributed by atoms with E-state index in [1.807, 2.05) is 6.92 Å². The van der Waals surface area contributed by atoms with Gasteiger partial charge in [-0.2, -0.15) is 0 Å². The summed E-state index contributed by atoms with van der Waals surface area (Å²) in [6.45, 7) is 3.56. The maximum absolute atomic E-state index is 12.0. The molecule has 27 heavy (non-hydrogen) atoms. The van der Waals surface area contributed by atoms with Gasteiger partial charge < -0.3 is 20.1 Å². The van der Waals surface area contributed by atoms with Crippen molar-refractivity contribution in [2.75, 3.05) is 26.4 Å². The average molecular weight is 397 g/mol. The number of amides is 2. The second-order valence-electron chi connectivity index (χ2n) is 6.79. The zero-order valence-corrected chi connectivity index (χ0v) is 16.6. The lowest BCUT2D eigenvalue weighted by Gasteiger charge is -2.30. The standard InChI is InChI=1S/C20H29ClN2O4/c1-2-26-10-9-19(24)23-17-7-3-5-15(11-17)13-22-20(25)14-27-18-8-4-6-16(21)12-18/h4,6,8,12,15,17H,2-3,5,7,9-11,13-14H2,1H3,(H,22,25)(H,23,24)/t15-,17+/m1/s1. The molecule has 1 saturated carbocycles. The lowest BCUT2D eigenvalue weighted by molar-refractivity contribution is -0.124. The number of hydrogen-bond acceptors (Lipinski definition) is 4. The minimum atomic E-state index is -0.155. The predicted octanol–water partition coefficient (Wildman–Crippen LogP) is 2.94. The van der Waals surface area contributed by atoms with E-state index < -0.39 is 0 Å². The lowest BCUT2D eigenvalue weighted by Crippen LogP contribution is -2.42. The third-order valence-corrected chi connectivity index (χ3v) is 4.81. The van der Waals surface area contributed by atoms with Gasteiger partial charge in [0.2, 0.25) is 5.91 Å². The van der Waals surface area contributed by atoms with Crippen LogP contribution in [0.4, 0.5) is 0 Å². The molecule has 2 rings (SSSR count). The molecule has 2 amide bonds. The Morgan fingerprint density at radius 1 is 1.26 bits per heavy atom. The molecule has 0 saturated heterocycles. The van der Waals surface area contributed by atoms with Crippen LogP contribution in [0.1, 0.15) is 39.0 Å². The van der Waals surface area contributed by atoms with Gasteiger partial charge in [-0.15, -0.1) is 0 Å². The maximum Gasteiger partial charge on any atom is 0.257 e. The predicted molar refractivity (Wildman–Crippen MR) is 105 cm³/mol. The first-order valence-electron chi connectivity index (χ1n) is 9.59. The fourth-order valence-electron chi connectivity index (χ4n) is 3.23. The Morgan fingerprint density at radius 2 is 2.11 bits per heavy atom. The van der Waals surface area contributed by atoms with Crippen LogP contribution < -0.4 is 15.4 Å². The Hall–Kier alpha value is -1.79. The van der Waals surface area contributed by atoms with E-state index in [-0.39, 0.29) is 24.5 Å². The first-order chi connectivity index (χ1) is 13.1. The average Bonchev–Trinajstić information content (AvgIpc) is 2.65. The quantitative estimate of drug-likeness (QED) is 0.596. The minimum Gasteiger partial charge on any atom is -0.484 e. The highest BCUT2D eigenvalue weighted by Gasteiger charge is 2.23. The Kier molecular flexibility index (Phi) is 9.42. The summed E-state index contributed by atoms with van der Waals surface area (Å²) in [5.74, 6) is 0.821. The molecule has 0 bridgehead atoms. The number of nitrogens with one attached hydrogen (secondary N) is 2. The van der Waals surface area contributed by atoms with Crippen molar-refractivity contribution in [2.24, 2.45) is 5.92 Å². The Morgan fingerprint density at radius 3 is 2.89 bits per heavy atom. The molecule has 1 aromatic rings. The highest BCUT2D eigenvalue weighted by Crippen LogP contribution is 2.24. The van der Waals surface area contributed by atoms with E-state index in [9.17, 15) is 9.59 Å². The van der Waals surface area contributed by atoms with Gasteiger partial charge >= 0.3 is 0 Å². The molecule has 2 N–H and O–H groups in total. The van der Waals surface area contributed by atoms with Gasteiger partial charge in [0.25, 0.3) is 5.91 Å². The summed E-state index contributed by atoms with van der Waals surface area (Å²) >= 11 is 5.89. The van der Waals surface area contributed by atoms with Crippen molar-refractivity contribution in [3.63, 3.8) is 0 Å². The monoisotopic (exact) mass is 396 g/mol. The van der Waals surface area contributed by atoms with Gasteiger partial charge in [0.15, 0.2) is 6.61 Å². The van der Waals surface area contributed by atoms with Crippen molar-refractivity contribution in [3.05, 3.63) is 29.3 Å². The molecule has 150 valence electrons. The van der Waals surface area contributed by atoms with E-state index in [1.54, 1.807) is 24.3 Å². The number of carbonyl (C=O) groups is 2. The molecule has 2 atom stereocenters. The molecular formula is C20H29ClN2O4. The topological polar surface area (TPSA) is 76.7 Å².